The molecule has 1 aliphatic heterocycles. The van der Waals surface area contributed by atoms with Gasteiger partial charge in [0, 0.05) is 23.7 Å². The molecule has 0 spiro atoms. The van der Waals surface area contributed by atoms with Gasteiger partial charge in [0.15, 0.2) is 5.65 Å². The fraction of sp³-hybridized carbons (Fsp3) is 0.542. The Morgan fingerprint density at radius 1 is 1.06 bits per heavy atom. The van der Waals surface area contributed by atoms with Gasteiger partial charge in [-0.3, -0.25) is 0 Å². The lowest BCUT2D eigenvalue weighted by Gasteiger charge is -2.35. The van der Waals surface area contributed by atoms with Gasteiger partial charge in [-0.15, -0.1) is 0 Å². The summed E-state index contributed by atoms with van der Waals surface area (Å²) in [5.41, 5.74) is 3.28. The average Bonchev–Trinajstić information content (AvgIpc) is 3.12. The van der Waals surface area contributed by atoms with Crippen molar-refractivity contribution in [2.45, 2.75) is 52.1 Å². The summed E-state index contributed by atoms with van der Waals surface area (Å²) in [5.74, 6) is 2.37. The molecule has 2 aromatic heterocycles. The first kappa shape index (κ1) is 21.9. The predicted molar refractivity (Wildman–Crippen MR) is 130 cm³/mol. The third kappa shape index (κ3) is 4.33. The van der Waals surface area contributed by atoms with Crippen LogP contribution in [0, 0.1) is 11.8 Å². The van der Waals surface area contributed by atoms with Crippen LogP contribution in [-0.2, 0) is 11.3 Å². The Morgan fingerprint density at radius 2 is 1.88 bits per heavy atom. The van der Waals surface area contributed by atoms with Gasteiger partial charge >= 0.3 is 0 Å². The molecule has 1 saturated heterocycles. The van der Waals surface area contributed by atoms with E-state index in [0.29, 0.717) is 29.8 Å². The molecular weight excluding hydrogens is 445 g/mol. The molecule has 0 radical (unpaired) electrons. The summed E-state index contributed by atoms with van der Waals surface area (Å²) >= 11 is 12.7. The van der Waals surface area contributed by atoms with Crippen LogP contribution in [0.3, 0.4) is 0 Å². The minimum Gasteiger partial charge on any atom is -0.377 e. The van der Waals surface area contributed by atoms with Crippen LogP contribution in [0.1, 0.15) is 39.5 Å². The number of rotatable bonds is 4. The average molecular weight is 474 g/mol. The molecule has 0 bridgehead atoms. The second-order valence-corrected chi connectivity index (χ2v) is 10.1. The first-order chi connectivity index (χ1) is 15.5. The van der Waals surface area contributed by atoms with Gasteiger partial charge in [-0.2, -0.15) is 9.97 Å². The highest BCUT2D eigenvalue weighted by Gasteiger charge is 2.29. The number of benzene rings is 1. The summed E-state index contributed by atoms with van der Waals surface area (Å²) in [5, 5.41) is 0.866. The maximum absolute atomic E-state index is 6.36. The van der Waals surface area contributed by atoms with Crippen molar-refractivity contribution in [3.8, 4) is 11.3 Å². The first-order valence-corrected chi connectivity index (χ1v) is 12.3. The lowest BCUT2D eigenvalue weighted by molar-refractivity contribution is 0.0976. The van der Waals surface area contributed by atoms with Crippen molar-refractivity contribution in [3.05, 3.63) is 34.6 Å². The standard InChI is InChI=1S/C24H29Cl2N5O/c1-15-6-8-17(9-7-15)13-31-21-20(18-4-3-5-19(25)12-18)27-23(26)28-22(21)29-24(31)30-10-11-32-14-16(30)2/h3-5,12,15-17H,6-11,13-14H2,1-2H3/t15-,16-,17-/m1/s1. The summed E-state index contributed by atoms with van der Waals surface area (Å²) in [7, 11) is 0. The number of hydrogen-bond acceptors (Lipinski definition) is 5. The van der Waals surface area contributed by atoms with E-state index in [1.807, 2.05) is 24.3 Å². The largest absolute Gasteiger partial charge is 0.377 e. The molecule has 1 aliphatic carbocycles. The van der Waals surface area contributed by atoms with Gasteiger partial charge in [0.1, 0.15) is 11.2 Å². The summed E-state index contributed by atoms with van der Waals surface area (Å²) in [4.78, 5) is 16.5. The zero-order chi connectivity index (χ0) is 22.2. The molecule has 6 nitrogen and oxygen atoms in total. The molecular formula is C24H29Cl2N5O. The van der Waals surface area contributed by atoms with E-state index < -0.39 is 0 Å². The number of fused-ring (bicyclic) bond motifs is 1. The number of nitrogens with zero attached hydrogens (tertiary/aromatic N) is 5. The molecule has 1 aromatic carbocycles. The lowest BCUT2D eigenvalue weighted by Crippen LogP contribution is -2.45. The summed E-state index contributed by atoms with van der Waals surface area (Å²) in [6.45, 7) is 7.64. The highest BCUT2D eigenvalue weighted by atomic mass is 35.5. The van der Waals surface area contributed by atoms with Gasteiger partial charge in [0.2, 0.25) is 11.2 Å². The summed E-state index contributed by atoms with van der Waals surface area (Å²) in [6, 6.07) is 7.99. The van der Waals surface area contributed by atoms with E-state index in [4.69, 9.17) is 32.9 Å². The Bertz CT molecular complexity index is 1110. The number of aromatic nitrogens is 4. The van der Waals surface area contributed by atoms with Crippen LogP contribution in [0.2, 0.25) is 10.3 Å². The Labute approximate surface area is 198 Å². The number of hydrogen-bond donors (Lipinski definition) is 0. The molecule has 5 rings (SSSR count). The SMILES string of the molecule is C[C@@H]1COCCN1c1nc2nc(Cl)nc(-c3cccc(Cl)c3)c2n1C[C@H]1CC[C@H](C)CC1. The van der Waals surface area contributed by atoms with Crippen LogP contribution < -0.4 is 4.90 Å². The summed E-state index contributed by atoms with van der Waals surface area (Å²) in [6.07, 6.45) is 5.04. The molecule has 0 amide bonds. The number of morpholine rings is 1. The van der Waals surface area contributed by atoms with E-state index in [0.717, 1.165) is 41.7 Å². The molecule has 0 N–H and O–H groups in total. The third-order valence-corrected chi connectivity index (χ3v) is 7.26. The molecule has 3 aromatic rings. The minimum absolute atomic E-state index is 0.199. The maximum Gasteiger partial charge on any atom is 0.225 e. The Kier molecular flexibility index (Phi) is 6.28. The quantitative estimate of drug-likeness (QED) is 0.444. The van der Waals surface area contributed by atoms with Crippen molar-refractivity contribution in [3.63, 3.8) is 0 Å². The monoisotopic (exact) mass is 473 g/mol. The number of anilines is 1. The third-order valence-electron chi connectivity index (χ3n) is 6.85. The highest BCUT2D eigenvalue weighted by Crippen LogP contribution is 2.36. The molecule has 2 fully saturated rings. The van der Waals surface area contributed by atoms with Gasteiger partial charge in [0.05, 0.1) is 19.3 Å². The predicted octanol–water partition coefficient (Wildman–Crippen LogP) is 5.85. The number of halogens is 2. The van der Waals surface area contributed by atoms with Crippen molar-refractivity contribution >= 4 is 40.3 Å². The van der Waals surface area contributed by atoms with Crippen molar-refractivity contribution < 1.29 is 4.74 Å². The van der Waals surface area contributed by atoms with E-state index in [1.54, 1.807) is 0 Å². The van der Waals surface area contributed by atoms with Crippen molar-refractivity contribution in [1.82, 2.24) is 19.5 Å². The normalized spacial score (nSPS) is 24.2. The topological polar surface area (TPSA) is 56.1 Å². The van der Waals surface area contributed by atoms with Crippen molar-refractivity contribution in [1.29, 1.82) is 0 Å². The molecule has 0 unspecified atom stereocenters. The highest BCUT2D eigenvalue weighted by molar-refractivity contribution is 6.31. The summed E-state index contributed by atoms with van der Waals surface area (Å²) < 4.78 is 8.03. The van der Waals surface area contributed by atoms with E-state index >= 15 is 0 Å². The van der Waals surface area contributed by atoms with E-state index in [-0.39, 0.29) is 11.3 Å². The van der Waals surface area contributed by atoms with Gasteiger partial charge < -0.3 is 14.2 Å². The Hall–Kier alpha value is -1.89. The molecule has 170 valence electrons. The Morgan fingerprint density at radius 3 is 2.62 bits per heavy atom. The van der Waals surface area contributed by atoms with Crippen LogP contribution in [0.5, 0.6) is 0 Å². The van der Waals surface area contributed by atoms with Crippen LogP contribution >= 0.6 is 23.2 Å². The minimum atomic E-state index is 0.199. The van der Waals surface area contributed by atoms with Crippen LogP contribution in [0.25, 0.3) is 22.4 Å². The smallest absolute Gasteiger partial charge is 0.225 e. The molecule has 2 aliphatic rings. The van der Waals surface area contributed by atoms with Crippen molar-refractivity contribution in [2.24, 2.45) is 11.8 Å². The van der Waals surface area contributed by atoms with Crippen LogP contribution in [0.4, 0.5) is 5.95 Å². The van der Waals surface area contributed by atoms with E-state index in [1.165, 1.54) is 25.7 Å². The van der Waals surface area contributed by atoms with E-state index in [9.17, 15) is 0 Å². The zero-order valence-corrected chi connectivity index (χ0v) is 20.1. The van der Waals surface area contributed by atoms with Crippen LogP contribution in [-0.4, -0.2) is 45.3 Å². The number of imidazole rings is 1. The second-order valence-electron chi connectivity index (χ2n) is 9.29. The van der Waals surface area contributed by atoms with Gasteiger partial charge in [-0.25, -0.2) is 4.98 Å². The fourth-order valence-electron chi connectivity index (χ4n) is 5.02. The molecule has 1 atom stereocenters. The van der Waals surface area contributed by atoms with Crippen LogP contribution in [0.15, 0.2) is 24.3 Å². The molecule has 32 heavy (non-hydrogen) atoms. The van der Waals surface area contributed by atoms with Crippen molar-refractivity contribution in [2.75, 3.05) is 24.7 Å². The van der Waals surface area contributed by atoms with Gasteiger partial charge in [0.25, 0.3) is 0 Å². The lowest BCUT2D eigenvalue weighted by atomic mass is 9.83. The Balaban J connectivity index is 1.67. The molecule has 8 heteroatoms. The maximum atomic E-state index is 6.36. The zero-order valence-electron chi connectivity index (χ0n) is 18.6. The van der Waals surface area contributed by atoms with Gasteiger partial charge in [-0.05, 0) is 55.3 Å². The van der Waals surface area contributed by atoms with E-state index in [2.05, 4.69) is 33.3 Å². The first-order valence-electron chi connectivity index (χ1n) is 11.5. The molecule has 1 saturated carbocycles. The molecule has 3 heterocycles. The second kappa shape index (κ2) is 9.16. The fourth-order valence-corrected chi connectivity index (χ4v) is 5.38. The number of ether oxygens (including phenoxy) is 1. The van der Waals surface area contributed by atoms with Gasteiger partial charge in [-0.1, -0.05) is 43.5 Å².